The minimum absolute atomic E-state index is 0.211. The minimum Gasteiger partial charge on any atom is -0.383 e. The average molecular weight is 476 g/mol. The highest BCUT2D eigenvalue weighted by Gasteiger charge is 2.47. The Morgan fingerprint density at radius 3 is 2.88 bits per heavy atom. The van der Waals surface area contributed by atoms with Gasteiger partial charge in [0.05, 0.1) is 48.9 Å². The predicted octanol–water partition coefficient (Wildman–Crippen LogP) is 2.12. The van der Waals surface area contributed by atoms with Crippen LogP contribution in [-0.4, -0.2) is 55.2 Å². The van der Waals surface area contributed by atoms with Gasteiger partial charge in [-0.05, 0) is 18.2 Å². The van der Waals surface area contributed by atoms with Crippen LogP contribution in [0.1, 0.15) is 23.4 Å². The van der Waals surface area contributed by atoms with E-state index in [0.717, 1.165) is 17.5 Å². The molecule has 5 rings (SSSR count). The van der Waals surface area contributed by atoms with Crippen molar-refractivity contribution < 1.29 is 22.7 Å². The number of likely N-dealkylation sites (tertiary alicyclic amines) is 1. The number of rotatable bonds is 3. The van der Waals surface area contributed by atoms with E-state index in [1.54, 1.807) is 33.6 Å². The fraction of sp³-hybridized carbons (Fsp3) is 0.429. The molecule has 1 saturated heterocycles. The van der Waals surface area contributed by atoms with Gasteiger partial charge in [-0.3, -0.25) is 9.36 Å². The van der Waals surface area contributed by atoms with Crippen LogP contribution in [0, 0.1) is 0 Å². The first-order valence-electron chi connectivity index (χ1n) is 10.7. The van der Waals surface area contributed by atoms with E-state index in [4.69, 9.17) is 10.5 Å². The first-order chi connectivity index (χ1) is 16.2. The Bertz CT molecular complexity index is 1240. The van der Waals surface area contributed by atoms with Gasteiger partial charge in [-0.15, -0.1) is 0 Å². The number of pyridine rings is 1. The molecule has 1 atom stereocenters. The summed E-state index contributed by atoms with van der Waals surface area (Å²) in [6, 6.07) is 4.27. The number of aryl methyl sites for hydroxylation is 1. The average Bonchev–Trinajstić information content (AvgIpc) is 3.51. The Hall–Kier alpha value is -3.61. The van der Waals surface area contributed by atoms with Crippen LogP contribution in [0.5, 0.6) is 0 Å². The van der Waals surface area contributed by atoms with Crippen molar-refractivity contribution in [3.05, 3.63) is 47.5 Å². The number of nitrogens with two attached hydrogens (primary N) is 1. The van der Waals surface area contributed by atoms with Crippen molar-refractivity contribution in [2.24, 2.45) is 7.05 Å². The van der Waals surface area contributed by atoms with Crippen LogP contribution in [0.25, 0.3) is 11.3 Å². The molecule has 0 saturated carbocycles. The summed E-state index contributed by atoms with van der Waals surface area (Å²) in [6.07, 6.45) is -1.13. The van der Waals surface area contributed by atoms with E-state index in [1.807, 2.05) is 6.07 Å². The zero-order valence-corrected chi connectivity index (χ0v) is 18.3. The van der Waals surface area contributed by atoms with Crippen molar-refractivity contribution in [2.75, 3.05) is 25.4 Å². The Balaban J connectivity index is 1.37. The minimum atomic E-state index is -4.62. The van der Waals surface area contributed by atoms with Gasteiger partial charge in [0.15, 0.2) is 0 Å². The van der Waals surface area contributed by atoms with E-state index in [2.05, 4.69) is 20.5 Å². The van der Waals surface area contributed by atoms with Crippen LogP contribution < -0.4 is 11.1 Å². The normalized spacial score (nSPS) is 20.1. The number of urea groups is 1. The number of ether oxygens (including phenoxy) is 1. The number of nitrogens with one attached hydrogen (secondary N) is 1. The second-order valence-corrected chi connectivity index (χ2v) is 8.41. The summed E-state index contributed by atoms with van der Waals surface area (Å²) in [5.41, 5.74) is 5.80. The summed E-state index contributed by atoms with van der Waals surface area (Å²) in [5.74, 6) is -0.580. The van der Waals surface area contributed by atoms with Crippen molar-refractivity contribution in [1.82, 2.24) is 34.8 Å². The third-order valence-corrected chi connectivity index (χ3v) is 6.31. The number of carbonyl (C=O) groups is 1. The van der Waals surface area contributed by atoms with Crippen LogP contribution in [0.15, 0.2) is 30.6 Å². The van der Waals surface area contributed by atoms with E-state index in [0.29, 0.717) is 44.9 Å². The van der Waals surface area contributed by atoms with Crippen molar-refractivity contribution in [3.63, 3.8) is 0 Å². The van der Waals surface area contributed by atoms with Crippen LogP contribution in [0.4, 0.5) is 23.8 Å². The molecule has 13 heteroatoms. The van der Waals surface area contributed by atoms with E-state index in [1.165, 1.54) is 6.20 Å². The highest BCUT2D eigenvalue weighted by Crippen LogP contribution is 2.41. The van der Waals surface area contributed by atoms with Crippen LogP contribution in [0.3, 0.4) is 0 Å². The molecule has 2 aliphatic heterocycles. The SMILES string of the molecule is Cn1nccc1CNC(=O)N1CC[C@]2(C1)OCCn1nc(-c3cnc(N)c(C(F)(F)F)c3)cc12. The van der Waals surface area contributed by atoms with Crippen LogP contribution in [0.2, 0.25) is 0 Å². The smallest absolute Gasteiger partial charge is 0.383 e. The Labute approximate surface area is 192 Å². The molecule has 5 heterocycles. The Morgan fingerprint density at radius 1 is 1.32 bits per heavy atom. The summed E-state index contributed by atoms with van der Waals surface area (Å²) < 4.78 is 49.4. The van der Waals surface area contributed by atoms with Crippen molar-refractivity contribution in [2.45, 2.75) is 31.3 Å². The second kappa shape index (κ2) is 8.01. The maximum Gasteiger partial charge on any atom is 0.419 e. The third kappa shape index (κ3) is 3.85. The molecule has 3 aromatic heterocycles. The number of carbonyl (C=O) groups excluding carboxylic acids is 1. The molecule has 180 valence electrons. The highest BCUT2D eigenvalue weighted by atomic mass is 19.4. The lowest BCUT2D eigenvalue weighted by atomic mass is 9.96. The Kier molecular flexibility index (Phi) is 5.23. The molecule has 0 bridgehead atoms. The summed E-state index contributed by atoms with van der Waals surface area (Å²) >= 11 is 0. The summed E-state index contributed by atoms with van der Waals surface area (Å²) in [7, 11) is 1.80. The van der Waals surface area contributed by atoms with Crippen molar-refractivity contribution >= 4 is 11.8 Å². The molecular formula is C21H23F3N8O2. The number of fused-ring (bicyclic) bond motifs is 2. The van der Waals surface area contributed by atoms with Crippen molar-refractivity contribution in [3.8, 4) is 11.3 Å². The predicted molar refractivity (Wildman–Crippen MR) is 114 cm³/mol. The lowest BCUT2D eigenvalue weighted by molar-refractivity contribution is -0.137. The number of nitrogen functional groups attached to an aromatic ring is 1. The van der Waals surface area contributed by atoms with E-state index < -0.39 is 23.2 Å². The van der Waals surface area contributed by atoms with Gasteiger partial charge in [-0.25, -0.2) is 9.78 Å². The molecule has 10 nitrogen and oxygen atoms in total. The first kappa shape index (κ1) is 22.2. The molecule has 2 aliphatic rings. The van der Waals surface area contributed by atoms with Gasteiger partial charge in [0.1, 0.15) is 11.4 Å². The zero-order chi connectivity index (χ0) is 24.1. The van der Waals surface area contributed by atoms with Gasteiger partial charge in [-0.1, -0.05) is 0 Å². The molecule has 0 unspecified atom stereocenters. The van der Waals surface area contributed by atoms with Gasteiger partial charge in [0.25, 0.3) is 0 Å². The van der Waals surface area contributed by atoms with Crippen LogP contribution in [-0.2, 0) is 36.7 Å². The number of hydrogen-bond acceptors (Lipinski definition) is 6. The summed E-state index contributed by atoms with van der Waals surface area (Å²) in [6.45, 7) is 1.96. The van der Waals surface area contributed by atoms with Crippen molar-refractivity contribution in [1.29, 1.82) is 0 Å². The van der Waals surface area contributed by atoms with Gasteiger partial charge in [-0.2, -0.15) is 23.4 Å². The number of anilines is 1. The molecule has 3 N–H and O–H groups in total. The van der Waals surface area contributed by atoms with Crippen LogP contribution >= 0.6 is 0 Å². The monoisotopic (exact) mass is 476 g/mol. The highest BCUT2D eigenvalue weighted by molar-refractivity contribution is 5.74. The quantitative estimate of drug-likeness (QED) is 0.598. The fourth-order valence-corrected chi connectivity index (χ4v) is 4.47. The Morgan fingerprint density at radius 2 is 2.15 bits per heavy atom. The number of aromatic nitrogens is 5. The summed E-state index contributed by atoms with van der Waals surface area (Å²) in [5, 5.41) is 11.5. The lowest BCUT2D eigenvalue weighted by Crippen LogP contribution is -2.44. The zero-order valence-electron chi connectivity index (χ0n) is 18.3. The van der Waals surface area contributed by atoms with E-state index in [-0.39, 0.29) is 11.6 Å². The van der Waals surface area contributed by atoms with Gasteiger partial charge < -0.3 is 20.7 Å². The largest absolute Gasteiger partial charge is 0.419 e. The molecule has 0 radical (unpaired) electrons. The molecule has 0 aliphatic carbocycles. The third-order valence-electron chi connectivity index (χ3n) is 6.31. The van der Waals surface area contributed by atoms with Gasteiger partial charge >= 0.3 is 12.2 Å². The first-order valence-corrected chi connectivity index (χ1v) is 10.7. The molecule has 3 aromatic rings. The summed E-state index contributed by atoms with van der Waals surface area (Å²) in [4.78, 5) is 18.1. The van der Waals surface area contributed by atoms with Gasteiger partial charge in [0.2, 0.25) is 0 Å². The number of nitrogens with zero attached hydrogens (tertiary/aromatic N) is 6. The maximum absolute atomic E-state index is 13.3. The van der Waals surface area contributed by atoms with Gasteiger partial charge in [0, 0.05) is 38.0 Å². The fourth-order valence-electron chi connectivity index (χ4n) is 4.47. The number of halogens is 3. The standard InChI is InChI=1S/C21H23F3N8O2/c1-30-14(2-4-28-30)11-27-19(33)31-5-3-20(12-31)17-9-16(29-32(17)6-7-34-20)13-8-15(21(22,23)24)18(25)26-10-13/h2,4,8-10H,3,5-7,11-12H2,1H3,(H2,25,26)(H,27,33)/t20-/m1/s1. The van der Waals surface area contributed by atoms with E-state index in [9.17, 15) is 18.0 Å². The van der Waals surface area contributed by atoms with E-state index >= 15 is 0 Å². The molecule has 0 aromatic carbocycles. The topological polar surface area (TPSA) is 116 Å². The molecule has 34 heavy (non-hydrogen) atoms. The number of hydrogen-bond donors (Lipinski definition) is 2. The number of amides is 2. The second-order valence-electron chi connectivity index (χ2n) is 8.41. The maximum atomic E-state index is 13.3. The molecular weight excluding hydrogens is 453 g/mol. The number of alkyl halides is 3. The molecule has 2 amide bonds. The molecule has 1 spiro atoms. The molecule has 1 fully saturated rings. The lowest BCUT2D eigenvalue weighted by Gasteiger charge is -2.34.